The van der Waals surface area contributed by atoms with E-state index in [9.17, 15) is 13.2 Å². The van der Waals surface area contributed by atoms with Crippen LogP contribution in [0.5, 0.6) is 0 Å². The lowest BCUT2D eigenvalue weighted by atomic mass is 10.7. The molecule has 0 bridgehead atoms. The summed E-state index contributed by atoms with van der Waals surface area (Å²) >= 11 is 1.59. The highest BCUT2D eigenvalue weighted by Gasteiger charge is 2.27. The van der Waals surface area contributed by atoms with Crippen molar-refractivity contribution < 1.29 is 21.0 Å². The summed E-state index contributed by atoms with van der Waals surface area (Å²) in [6.07, 6.45) is -4.23. The van der Waals surface area contributed by atoms with Gasteiger partial charge in [0.05, 0.1) is 13.2 Å². The van der Waals surface area contributed by atoms with E-state index >= 15 is 0 Å². The molecule has 10 heavy (non-hydrogen) atoms. The molecule has 0 heterocycles. The molecule has 0 unspecified atom stereocenters. The number of alkyl halides is 3. The Morgan fingerprint density at radius 2 is 1.80 bits per heavy atom. The van der Waals surface area contributed by atoms with Crippen molar-refractivity contribution in [2.24, 2.45) is 0 Å². The van der Waals surface area contributed by atoms with Crippen LogP contribution in [0.25, 0.3) is 0 Å². The number of ether oxygens (including phenoxy) is 1. The van der Waals surface area contributed by atoms with Crippen LogP contribution in [-0.2, 0) is 7.80 Å². The first kappa shape index (κ1) is 10.4. The van der Waals surface area contributed by atoms with E-state index in [1.807, 2.05) is 0 Å². The molecule has 0 aliphatic rings. The van der Waals surface area contributed by atoms with E-state index in [-0.39, 0.29) is 13.2 Å². The van der Waals surface area contributed by atoms with Crippen molar-refractivity contribution in [2.75, 3.05) is 19.8 Å². The minimum absolute atomic E-state index is 0.0253. The third-order valence-corrected chi connectivity index (χ3v) is 1.01. The summed E-state index contributed by atoms with van der Waals surface area (Å²) in [6.45, 7) is -1.05. The van der Waals surface area contributed by atoms with Crippen molar-refractivity contribution in [3.8, 4) is 0 Å². The van der Waals surface area contributed by atoms with Crippen molar-refractivity contribution in [1.82, 2.24) is 0 Å². The normalized spacial score (nSPS) is 12.0. The topological polar surface area (TPSA) is 18.5 Å². The third kappa shape index (κ3) is 8.44. The minimum atomic E-state index is -4.23. The van der Waals surface area contributed by atoms with Crippen molar-refractivity contribution in [3.63, 3.8) is 0 Å². The van der Waals surface area contributed by atoms with Crippen LogP contribution < -0.4 is 0 Å². The quantitative estimate of drug-likeness (QED) is 0.574. The average molecular weight is 270 g/mol. The molecule has 6 heteroatoms. The highest BCUT2D eigenvalue weighted by molar-refractivity contribution is 14.1. The molecule has 0 aromatic heterocycles. The van der Waals surface area contributed by atoms with E-state index in [2.05, 4.69) is 7.80 Å². The van der Waals surface area contributed by atoms with E-state index in [1.54, 1.807) is 23.0 Å². The summed E-state index contributed by atoms with van der Waals surface area (Å²) in [6, 6.07) is 0. The van der Waals surface area contributed by atoms with E-state index in [0.717, 1.165) is 0 Å². The largest absolute Gasteiger partial charge is 0.411 e. The molecule has 0 rings (SSSR count). The Morgan fingerprint density at radius 1 is 1.20 bits per heavy atom. The molecule has 0 saturated carbocycles. The van der Waals surface area contributed by atoms with Gasteiger partial charge in [-0.05, 0) is 0 Å². The third-order valence-electron chi connectivity index (χ3n) is 0.571. The number of hydrogen-bond donors (Lipinski definition) is 0. The molecular formula is C4H6F3IO2. The second kappa shape index (κ2) is 5.14. The van der Waals surface area contributed by atoms with Gasteiger partial charge in [-0.25, -0.2) is 0 Å². The standard InChI is InChI=1S/C4H6F3IO2/c5-4(6,7)3-9-1-2-10-8/h1-3H2. The highest BCUT2D eigenvalue weighted by atomic mass is 127. The Morgan fingerprint density at radius 3 is 2.20 bits per heavy atom. The summed E-state index contributed by atoms with van der Waals surface area (Å²) in [5.74, 6) is 0. The molecule has 0 saturated heterocycles. The van der Waals surface area contributed by atoms with Crippen LogP contribution in [0.2, 0.25) is 0 Å². The van der Waals surface area contributed by atoms with Gasteiger partial charge in [0.15, 0.2) is 0 Å². The average Bonchev–Trinajstić information content (AvgIpc) is 1.78. The van der Waals surface area contributed by atoms with Crippen molar-refractivity contribution in [3.05, 3.63) is 0 Å². The minimum Gasteiger partial charge on any atom is -0.370 e. The first-order chi connectivity index (χ1) is 4.56. The zero-order valence-corrected chi connectivity index (χ0v) is 7.11. The van der Waals surface area contributed by atoms with Crippen LogP contribution >= 0.6 is 23.0 Å². The monoisotopic (exact) mass is 270 g/mol. The smallest absolute Gasteiger partial charge is 0.370 e. The predicted molar refractivity (Wildman–Crippen MR) is 36.8 cm³/mol. The van der Waals surface area contributed by atoms with Gasteiger partial charge < -0.3 is 7.80 Å². The molecule has 0 aliphatic heterocycles. The van der Waals surface area contributed by atoms with Gasteiger partial charge in [-0.2, -0.15) is 13.2 Å². The molecule has 0 N–H and O–H groups in total. The Balaban J connectivity index is 3.04. The predicted octanol–water partition coefficient (Wildman–Crippen LogP) is 1.93. The van der Waals surface area contributed by atoms with Gasteiger partial charge in [-0.1, -0.05) is 0 Å². The van der Waals surface area contributed by atoms with E-state index in [4.69, 9.17) is 0 Å². The second-order valence-corrected chi connectivity index (χ2v) is 2.10. The lowest BCUT2D eigenvalue weighted by molar-refractivity contribution is -0.174. The van der Waals surface area contributed by atoms with Crippen LogP contribution in [0.3, 0.4) is 0 Å². The Bertz CT molecular complexity index is 85.1. The number of hydrogen-bond acceptors (Lipinski definition) is 2. The Hall–Kier alpha value is 0.440. The van der Waals surface area contributed by atoms with Crippen molar-refractivity contribution in [2.45, 2.75) is 6.18 Å². The van der Waals surface area contributed by atoms with Gasteiger partial charge in [0.25, 0.3) is 0 Å². The van der Waals surface area contributed by atoms with E-state index < -0.39 is 12.8 Å². The van der Waals surface area contributed by atoms with Gasteiger partial charge in [0, 0.05) is 0 Å². The van der Waals surface area contributed by atoms with Gasteiger partial charge in [-0.15, -0.1) is 0 Å². The molecule has 62 valence electrons. The SMILES string of the molecule is FC(F)(F)COCCOI. The molecule has 0 aromatic carbocycles. The fraction of sp³-hybridized carbons (Fsp3) is 1.00. The summed E-state index contributed by atoms with van der Waals surface area (Å²) in [5, 5.41) is 0. The maximum absolute atomic E-state index is 11.3. The zero-order chi connectivity index (χ0) is 8.04. The molecule has 0 aromatic rings. The summed E-state index contributed by atoms with van der Waals surface area (Å²) in [5.41, 5.74) is 0. The molecule has 0 atom stereocenters. The van der Waals surface area contributed by atoms with Gasteiger partial charge in [0.2, 0.25) is 0 Å². The maximum Gasteiger partial charge on any atom is 0.411 e. The van der Waals surface area contributed by atoms with Gasteiger partial charge in [0.1, 0.15) is 29.6 Å². The first-order valence-corrected chi connectivity index (χ1v) is 3.32. The molecule has 2 nitrogen and oxygen atoms in total. The molecule has 0 spiro atoms. The van der Waals surface area contributed by atoms with Crippen molar-refractivity contribution in [1.29, 1.82) is 0 Å². The summed E-state index contributed by atoms with van der Waals surface area (Å²) in [7, 11) is 0. The van der Waals surface area contributed by atoms with Crippen LogP contribution in [0.4, 0.5) is 13.2 Å². The van der Waals surface area contributed by atoms with Crippen LogP contribution in [0.1, 0.15) is 0 Å². The highest BCUT2D eigenvalue weighted by Crippen LogP contribution is 2.13. The first-order valence-electron chi connectivity index (χ1n) is 2.44. The second-order valence-electron chi connectivity index (χ2n) is 1.48. The zero-order valence-electron chi connectivity index (χ0n) is 4.95. The fourth-order valence-electron chi connectivity index (χ4n) is 0.278. The summed E-state index contributed by atoms with van der Waals surface area (Å²) in [4.78, 5) is 0. The van der Waals surface area contributed by atoms with E-state index in [0.29, 0.717) is 0 Å². The Kier molecular flexibility index (Phi) is 5.36. The molecule has 0 radical (unpaired) electrons. The van der Waals surface area contributed by atoms with Crippen LogP contribution in [0, 0.1) is 0 Å². The van der Waals surface area contributed by atoms with Crippen LogP contribution in [0.15, 0.2) is 0 Å². The Labute approximate surface area is 70.4 Å². The molecule has 0 fully saturated rings. The molecule has 0 aliphatic carbocycles. The van der Waals surface area contributed by atoms with E-state index in [1.165, 1.54) is 0 Å². The summed E-state index contributed by atoms with van der Waals surface area (Å²) < 4.78 is 42.6. The molecule has 0 amide bonds. The molecular weight excluding hydrogens is 264 g/mol. The van der Waals surface area contributed by atoms with Crippen LogP contribution in [-0.4, -0.2) is 26.0 Å². The lowest BCUT2D eigenvalue weighted by Crippen LogP contribution is -2.18. The maximum atomic E-state index is 11.3. The lowest BCUT2D eigenvalue weighted by Gasteiger charge is -2.05. The number of halogens is 4. The van der Waals surface area contributed by atoms with Gasteiger partial charge in [-0.3, -0.25) is 0 Å². The number of rotatable bonds is 4. The van der Waals surface area contributed by atoms with Gasteiger partial charge >= 0.3 is 6.18 Å². The van der Waals surface area contributed by atoms with Crippen molar-refractivity contribution >= 4 is 23.0 Å². The fourth-order valence-corrected chi connectivity index (χ4v) is 0.458.